The van der Waals surface area contributed by atoms with Gasteiger partial charge in [0, 0.05) is 50.9 Å². The average molecular weight is 327 g/mol. The van der Waals surface area contributed by atoms with E-state index in [1.807, 2.05) is 24.9 Å². The maximum Gasteiger partial charge on any atom is 0.390 e. The van der Waals surface area contributed by atoms with E-state index < -0.39 is 18.6 Å². The number of rotatable bonds is 3. The molecule has 2 aromatic heterocycles. The molecule has 1 saturated heterocycles. The molecule has 0 spiro atoms. The van der Waals surface area contributed by atoms with Crippen molar-refractivity contribution in [2.75, 3.05) is 19.6 Å². The second-order valence-corrected chi connectivity index (χ2v) is 6.13. The number of hydrogen-bond acceptors (Lipinski definition) is 4. The van der Waals surface area contributed by atoms with Gasteiger partial charge >= 0.3 is 6.18 Å². The molecular weight excluding hydrogens is 307 g/mol. The van der Waals surface area contributed by atoms with E-state index >= 15 is 0 Å². The van der Waals surface area contributed by atoms with Crippen LogP contribution in [-0.2, 0) is 13.6 Å². The smallest absolute Gasteiger partial charge is 0.311 e. The number of aromatic nitrogens is 3. The van der Waals surface area contributed by atoms with Crippen LogP contribution in [0.15, 0.2) is 12.3 Å². The largest absolute Gasteiger partial charge is 0.390 e. The van der Waals surface area contributed by atoms with Gasteiger partial charge in [-0.15, -0.1) is 0 Å². The molecule has 1 atom stereocenters. The molecule has 1 fully saturated rings. The Bertz CT molecular complexity index is 694. The zero-order valence-electron chi connectivity index (χ0n) is 13.2. The summed E-state index contributed by atoms with van der Waals surface area (Å²) in [6.07, 6.45) is -3.14. The van der Waals surface area contributed by atoms with E-state index in [-0.39, 0.29) is 0 Å². The monoisotopic (exact) mass is 327 g/mol. The Balaban J connectivity index is 1.70. The number of aryl methyl sites for hydroxylation is 2. The van der Waals surface area contributed by atoms with Crippen molar-refractivity contribution in [3.05, 3.63) is 23.5 Å². The van der Waals surface area contributed by atoms with Gasteiger partial charge in [0.25, 0.3) is 0 Å². The van der Waals surface area contributed by atoms with Crippen molar-refractivity contribution in [3.63, 3.8) is 0 Å². The number of pyridine rings is 1. The summed E-state index contributed by atoms with van der Waals surface area (Å²) in [5, 5.41) is 8.27. The standard InChI is InChI=1S/C15H20F3N5/c1-10-13-5-11(7-20-14(13)22(2)21-10)8-23-4-3-19-12(9-23)6-15(16,17)18/h5,7,12,19H,3-4,6,8-9H2,1-2H3. The van der Waals surface area contributed by atoms with Crippen molar-refractivity contribution in [3.8, 4) is 0 Å². The number of alkyl halides is 3. The van der Waals surface area contributed by atoms with Crippen molar-refractivity contribution in [1.29, 1.82) is 0 Å². The average Bonchev–Trinajstić information content (AvgIpc) is 2.72. The first-order valence-electron chi connectivity index (χ1n) is 7.62. The summed E-state index contributed by atoms with van der Waals surface area (Å²) in [6.45, 7) is 4.23. The molecule has 23 heavy (non-hydrogen) atoms. The Morgan fingerprint density at radius 1 is 1.39 bits per heavy atom. The Hall–Kier alpha value is -1.67. The van der Waals surface area contributed by atoms with Crippen LogP contribution in [-0.4, -0.2) is 51.5 Å². The van der Waals surface area contributed by atoms with Gasteiger partial charge in [-0.05, 0) is 18.6 Å². The Morgan fingerprint density at radius 2 is 2.17 bits per heavy atom. The molecule has 0 aliphatic carbocycles. The van der Waals surface area contributed by atoms with Gasteiger partial charge in [-0.2, -0.15) is 18.3 Å². The molecule has 5 nitrogen and oxygen atoms in total. The van der Waals surface area contributed by atoms with Gasteiger partial charge < -0.3 is 5.32 Å². The first kappa shape index (κ1) is 16.2. The summed E-state index contributed by atoms with van der Waals surface area (Å²) >= 11 is 0. The highest BCUT2D eigenvalue weighted by Crippen LogP contribution is 2.23. The molecule has 1 unspecified atom stereocenters. The maximum atomic E-state index is 12.5. The van der Waals surface area contributed by atoms with Crippen molar-refractivity contribution >= 4 is 11.0 Å². The fourth-order valence-corrected chi connectivity index (χ4v) is 3.15. The van der Waals surface area contributed by atoms with Crippen LogP contribution in [0.3, 0.4) is 0 Å². The molecule has 126 valence electrons. The minimum atomic E-state index is -4.13. The molecule has 8 heteroatoms. The molecular formula is C15H20F3N5. The summed E-state index contributed by atoms with van der Waals surface area (Å²) in [4.78, 5) is 6.47. The number of nitrogens with one attached hydrogen (secondary N) is 1. The fourth-order valence-electron chi connectivity index (χ4n) is 3.15. The summed E-state index contributed by atoms with van der Waals surface area (Å²) in [5.41, 5.74) is 2.73. The van der Waals surface area contributed by atoms with Crippen LogP contribution in [0.1, 0.15) is 17.7 Å². The van der Waals surface area contributed by atoms with E-state index in [1.54, 1.807) is 10.9 Å². The summed E-state index contributed by atoms with van der Waals surface area (Å²) in [6, 6.07) is 1.49. The Labute approximate surface area is 132 Å². The van der Waals surface area contributed by atoms with Gasteiger partial charge in [0.2, 0.25) is 0 Å². The predicted molar refractivity (Wildman–Crippen MR) is 81.0 cm³/mol. The zero-order chi connectivity index (χ0) is 16.6. The van der Waals surface area contributed by atoms with Crippen molar-refractivity contribution < 1.29 is 13.2 Å². The number of nitrogens with zero attached hydrogens (tertiary/aromatic N) is 4. The normalized spacial score (nSPS) is 20.3. The first-order valence-corrected chi connectivity index (χ1v) is 7.62. The number of halogens is 3. The first-order chi connectivity index (χ1) is 10.8. The van der Waals surface area contributed by atoms with Gasteiger partial charge in [0.15, 0.2) is 5.65 Å². The Kier molecular flexibility index (Phi) is 4.29. The van der Waals surface area contributed by atoms with Crippen molar-refractivity contribution in [2.45, 2.75) is 32.1 Å². The van der Waals surface area contributed by atoms with Gasteiger partial charge in [-0.25, -0.2) is 4.98 Å². The lowest BCUT2D eigenvalue weighted by Gasteiger charge is -2.34. The molecule has 3 rings (SSSR count). The molecule has 1 N–H and O–H groups in total. The number of piperazine rings is 1. The van der Waals surface area contributed by atoms with E-state index in [0.29, 0.717) is 19.6 Å². The molecule has 0 amide bonds. The van der Waals surface area contributed by atoms with Crippen LogP contribution in [0.25, 0.3) is 11.0 Å². The lowest BCUT2D eigenvalue weighted by atomic mass is 10.1. The topological polar surface area (TPSA) is 46.0 Å². The van der Waals surface area contributed by atoms with E-state index in [0.717, 1.165) is 28.8 Å². The quantitative estimate of drug-likeness (QED) is 0.937. The van der Waals surface area contributed by atoms with Gasteiger partial charge in [0.05, 0.1) is 12.1 Å². The maximum absolute atomic E-state index is 12.5. The predicted octanol–water partition coefficient (Wildman–Crippen LogP) is 2.00. The zero-order valence-corrected chi connectivity index (χ0v) is 13.2. The summed E-state index contributed by atoms with van der Waals surface area (Å²) < 4.78 is 39.3. The molecule has 0 radical (unpaired) electrons. The van der Waals surface area contributed by atoms with Crippen LogP contribution in [0.2, 0.25) is 0 Å². The molecule has 1 aliphatic heterocycles. The fraction of sp³-hybridized carbons (Fsp3) is 0.600. The highest BCUT2D eigenvalue weighted by molar-refractivity contribution is 5.78. The van der Waals surface area contributed by atoms with E-state index in [2.05, 4.69) is 15.4 Å². The number of fused-ring (bicyclic) bond motifs is 1. The van der Waals surface area contributed by atoms with Crippen LogP contribution >= 0.6 is 0 Å². The molecule has 3 heterocycles. The SMILES string of the molecule is Cc1nn(C)c2ncc(CN3CCNC(CC(F)(F)F)C3)cc12. The molecule has 0 saturated carbocycles. The van der Waals surface area contributed by atoms with Crippen LogP contribution in [0.4, 0.5) is 13.2 Å². The van der Waals surface area contributed by atoms with E-state index in [4.69, 9.17) is 0 Å². The van der Waals surface area contributed by atoms with E-state index in [1.165, 1.54) is 0 Å². The van der Waals surface area contributed by atoms with Gasteiger partial charge in [0.1, 0.15) is 0 Å². The highest BCUT2D eigenvalue weighted by atomic mass is 19.4. The van der Waals surface area contributed by atoms with Crippen LogP contribution in [0, 0.1) is 6.92 Å². The molecule has 1 aliphatic rings. The van der Waals surface area contributed by atoms with Gasteiger partial charge in [-0.1, -0.05) is 0 Å². The Morgan fingerprint density at radius 3 is 2.91 bits per heavy atom. The summed E-state index contributed by atoms with van der Waals surface area (Å²) in [5.74, 6) is 0. The highest BCUT2D eigenvalue weighted by Gasteiger charge is 2.33. The summed E-state index contributed by atoms with van der Waals surface area (Å²) in [7, 11) is 1.85. The minimum Gasteiger partial charge on any atom is -0.311 e. The third kappa shape index (κ3) is 3.81. The van der Waals surface area contributed by atoms with Crippen LogP contribution < -0.4 is 5.32 Å². The van der Waals surface area contributed by atoms with E-state index in [9.17, 15) is 13.2 Å². The van der Waals surface area contributed by atoms with Gasteiger partial charge in [-0.3, -0.25) is 9.58 Å². The van der Waals surface area contributed by atoms with Crippen molar-refractivity contribution in [1.82, 2.24) is 25.0 Å². The van der Waals surface area contributed by atoms with Crippen LogP contribution in [0.5, 0.6) is 0 Å². The molecule has 0 aromatic carbocycles. The lowest BCUT2D eigenvalue weighted by Crippen LogP contribution is -2.51. The number of hydrogen-bond donors (Lipinski definition) is 1. The molecule has 2 aromatic rings. The third-order valence-electron chi connectivity index (χ3n) is 4.14. The third-order valence-corrected chi connectivity index (χ3v) is 4.14. The second kappa shape index (κ2) is 6.09. The molecule has 0 bridgehead atoms. The minimum absolute atomic E-state index is 0.392. The second-order valence-electron chi connectivity index (χ2n) is 6.13. The van der Waals surface area contributed by atoms with Crippen molar-refractivity contribution in [2.24, 2.45) is 7.05 Å². The lowest BCUT2D eigenvalue weighted by molar-refractivity contribution is -0.142.